The fourth-order valence-electron chi connectivity index (χ4n) is 2.37. The molecule has 124 valence electrons. The zero-order valence-corrected chi connectivity index (χ0v) is 15.2. The quantitative estimate of drug-likeness (QED) is 0.766. The Bertz CT molecular complexity index is 980. The van der Waals surface area contributed by atoms with E-state index in [9.17, 15) is 8.42 Å². The summed E-state index contributed by atoms with van der Waals surface area (Å²) < 4.78 is 27.9. The number of aryl methyl sites for hydroxylation is 3. The highest BCUT2D eigenvalue weighted by atomic mass is 32.2. The molecule has 0 unspecified atom stereocenters. The van der Waals surface area contributed by atoms with E-state index >= 15 is 0 Å². The minimum absolute atomic E-state index is 0.276. The molecule has 0 radical (unpaired) electrons. The molecule has 0 saturated heterocycles. The molecule has 0 atom stereocenters. The van der Waals surface area contributed by atoms with Crippen molar-refractivity contribution in [2.24, 2.45) is 0 Å². The number of benzene rings is 1. The van der Waals surface area contributed by atoms with Crippen molar-refractivity contribution in [3.8, 4) is 10.4 Å². The molecule has 0 spiro atoms. The Labute approximate surface area is 145 Å². The van der Waals surface area contributed by atoms with Crippen molar-refractivity contribution in [1.82, 2.24) is 9.97 Å². The van der Waals surface area contributed by atoms with Crippen LogP contribution in [0.5, 0.6) is 0 Å². The van der Waals surface area contributed by atoms with Crippen LogP contribution in [0.3, 0.4) is 0 Å². The van der Waals surface area contributed by atoms with Crippen molar-refractivity contribution in [2.75, 3.05) is 4.72 Å². The molecule has 0 aliphatic heterocycles. The number of hydrogen-bond acceptors (Lipinski definition) is 5. The summed E-state index contributed by atoms with van der Waals surface area (Å²) in [7, 11) is -3.67. The number of nitrogens with zero attached hydrogens (tertiary/aromatic N) is 2. The van der Waals surface area contributed by atoms with Crippen LogP contribution >= 0.6 is 11.3 Å². The monoisotopic (exact) mass is 359 g/mol. The third kappa shape index (κ3) is 3.32. The summed E-state index contributed by atoms with van der Waals surface area (Å²) in [4.78, 5) is 9.63. The number of hydrogen-bond donors (Lipinski definition) is 1. The molecule has 0 saturated carbocycles. The van der Waals surface area contributed by atoms with Crippen molar-refractivity contribution in [1.29, 1.82) is 0 Å². The van der Waals surface area contributed by atoms with E-state index in [1.807, 2.05) is 32.0 Å². The van der Waals surface area contributed by atoms with Crippen LogP contribution in [0.1, 0.15) is 16.8 Å². The summed E-state index contributed by atoms with van der Waals surface area (Å²) in [6, 6.07) is 9.13. The molecule has 0 aliphatic carbocycles. The van der Waals surface area contributed by atoms with E-state index in [2.05, 4.69) is 14.7 Å². The molecule has 1 aromatic carbocycles. The van der Waals surface area contributed by atoms with Gasteiger partial charge in [-0.25, -0.2) is 13.4 Å². The van der Waals surface area contributed by atoms with Gasteiger partial charge in [0.15, 0.2) is 5.13 Å². The second-order valence-corrected chi connectivity index (χ2v) is 8.20. The maximum atomic E-state index is 12.7. The zero-order chi connectivity index (χ0) is 17.3. The van der Waals surface area contributed by atoms with Crippen LogP contribution in [0.4, 0.5) is 5.13 Å². The number of nitrogens with one attached hydrogen (secondary N) is 1. The second-order valence-electron chi connectivity index (χ2n) is 5.55. The van der Waals surface area contributed by atoms with Crippen LogP contribution < -0.4 is 4.72 Å². The van der Waals surface area contributed by atoms with Gasteiger partial charge in [0.05, 0.1) is 15.5 Å². The summed E-state index contributed by atoms with van der Waals surface area (Å²) >= 11 is 1.30. The summed E-state index contributed by atoms with van der Waals surface area (Å²) in [5.74, 6) is 0. The molecule has 2 aromatic heterocycles. The number of pyridine rings is 1. The lowest BCUT2D eigenvalue weighted by atomic mass is 10.2. The van der Waals surface area contributed by atoms with Gasteiger partial charge in [-0.05, 0) is 44.0 Å². The van der Waals surface area contributed by atoms with Gasteiger partial charge in [0, 0.05) is 18.0 Å². The summed E-state index contributed by atoms with van der Waals surface area (Å²) in [6.45, 7) is 5.50. The van der Waals surface area contributed by atoms with E-state index in [1.165, 1.54) is 11.3 Å². The maximum Gasteiger partial charge on any atom is 0.263 e. The lowest BCUT2D eigenvalue weighted by molar-refractivity contribution is 0.600. The van der Waals surface area contributed by atoms with Crippen molar-refractivity contribution in [3.63, 3.8) is 0 Å². The highest BCUT2D eigenvalue weighted by Crippen LogP contribution is 2.33. The van der Waals surface area contributed by atoms with E-state index in [0.29, 0.717) is 10.7 Å². The minimum Gasteiger partial charge on any atom is -0.264 e. The SMILES string of the molecule is Cc1ccc(C)c(S(=O)(=O)Nc2nc(C)c(-c3cccnc3)s2)c1. The van der Waals surface area contributed by atoms with Gasteiger partial charge in [-0.15, -0.1) is 0 Å². The predicted molar refractivity (Wildman–Crippen MR) is 96.8 cm³/mol. The van der Waals surface area contributed by atoms with Crippen LogP contribution in [0.25, 0.3) is 10.4 Å². The average Bonchev–Trinajstić information content (AvgIpc) is 2.90. The standard InChI is InChI=1S/C17H17N3O2S2/c1-11-6-7-12(2)15(9-11)24(21,22)20-17-19-13(3)16(23-17)14-5-4-8-18-10-14/h4-10H,1-3H3,(H,19,20). The van der Waals surface area contributed by atoms with Crippen LogP contribution in [0.2, 0.25) is 0 Å². The zero-order valence-electron chi connectivity index (χ0n) is 13.6. The maximum absolute atomic E-state index is 12.7. The van der Waals surface area contributed by atoms with Crippen LogP contribution in [-0.2, 0) is 10.0 Å². The Morgan fingerprint density at radius 2 is 1.92 bits per heavy atom. The molecule has 0 amide bonds. The summed E-state index contributed by atoms with van der Waals surface area (Å²) in [5.41, 5.74) is 3.29. The van der Waals surface area contributed by atoms with E-state index in [0.717, 1.165) is 21.7 Å². The van der Waals surface area contributed by atoms with Gasteiger partial charge in [0.25, 0.3) is 10.0 Å². The lowest BCUT2D eigenvalue weighted by Crippen LogP contribution is -2.14. The minimum atomic E-state index is -3.67. The Morgan fingerprint density at radius 1 is 1.12 bits per heavy atom. The highest BCUT2D eigenvalue weighted by molar-refractivity contribution is 7.93. The fraction of sp³-hybridized carbons (Fsp3) is 0.176. The molecular formula is C17H17N3O2S2. The Kier molecular flexibility index (Phi) is 4.38. The lowest BCUT2D eigenvalue weighted by Gasteiger charge is -2.09. The first-order valence-electron chi connectivity index (χ1n) is 7.35. The highest BCUT2D eigenvalue weighted by Gasteiger charge is 2.20. The number of aromatic nitrogens is 2. The molecule has 0 fully saturated rings. The van der Waals surface area contributed by atoms with Crippen LogP contribution in [0.15, 0.2) is 47.6 Å². The Morgan fingerprint density at radius 3 is 2.62 bits per heavy atom. The first kappa shape index (κ1) is 16.6. The molecule has 2 heterocycles. The smallest absolute Gasteiger partial charge is 0.263 e. The molecule has 0 bridgehead atoms. The number of anilines is 1. The average molecular weight is 359 g/mol. The van der Waals surface area contributed by atoms with Gasteiger partial charge in [-0.2, -0.15) is 0 Å². The molecule has 1 N–H and O–H groups in total. The Balaban J connectivity index is 1.95. The van der Waals surface area contributed by atoms with E-state index in [1.54, 1.807) is 31.5 Å². The van der Waals surface area contributed by atoms with Gasteiger partial charge < -0.3 is 0 Å². The summed E-state index contributed by atoms with van der Waals surface area (Å²) in [5, 5.41) is 0.354. The van der Waals surface area contributed by atoms with Crippen molar-refractivity contribution < 1.29 is 8.42 Å². The van der Waals surface area contributed by atoms with E-state index < -0.39 is 10.0 Å². The van der Waals surface area contributed by atoms with Gasteiger partial charge in [-0.1, -0.05) is 29.5 Å². The number of sulfonamides is 1. The van der Waals surface area contributed by atoms with Gasteiger partial charge in [0.1, 0.15) is 0 Å². The fourth-order valence-corrected chi connectivity index (χ4v) is 4.89. The van der Waals surface area contributed by atoms with Crippen molar-refractivity contribution >= 4 is 26.5 Å². The van der Waals surface area contributed by atoms with Gasteiger partial charge in [-0.3, -0.25) is 9.71 Å². The first-order chi connectivity index (χ1) is 11.4. The Hall–Kier alpha value is -2.25. The predicted octanol–water partition coefficient (Wildman–Crippen LogP) is 3.93. The second kappa shape index (κ2) is 6.33. The molecule has 0 aliphatic rings. The third-order valence-electron chi connectivity index (χ3n) is 3.58. The third-order valence-corrected chi connectivity index (χ3v) is 6.31. The van der Waals surface area contributed by atoms with E-state index in [4.69, 9.17) is 0 Å². The summed E-state index contributed by atoms with van der Waals surface area (Å²) in [6.07, 6.45) is 3.44. The largest absolute Gasteiger partial charge is 0.264 e. The van der Waals surface area contributed by atoms with Crippen molar-refractivity contribution in [3.05, 3.63) is 59.5 Å². The number of rotatable bonds is 4. The first-order valence-corrected chi connectivity index (χ1v) is 9.65. The van der Waals surface area contributed by atoms with Crippen LogP contribution in [0, 0.1) is 20.8 Å². The van der Waals surface area contributed by atoms with E-state index in [-0.39, 0.29) is 4.90 Å². The molecule has 3 aromatic rings. The topological polar surface area (TPSA) is 72.0 Å². The molecule has 3 rings (SSSR count). The molecular weight excluding hydrogens is 342 g/mol. The normalized spacial score (nSPS) is 11.5. The molecule has 24 heavy (non-hydrogen) atoms. The van der Waals surface area contributed by atoms with Crippen molar-refractivity contribution in [2.45, 2.75) is 25.7 Å². The molecule has 5 nitrogen and oxygen atoms in total. The van der Waals surface area contributed by atoms with Gasteiger partial charge in [0.2, 0.25) is 0 Å². The molecule has 7 heteroatoms. The van der Waals surface area contributed by atoms with Crippen LogP contribution in [-0.4, -0.2) is 18.4 Å². The van der Waals surface area contributed by atoms with Gasteiger partial charge >= 0.3 is 0 Å². The number of thiazole rings is 1.